The standard InChI is InChI=1S/C15H30NO.C12H23NO.C11H21NO.C11H22NO.3BrH.ClH/c1-5-15(17)13-11-9-10-12-14-16(6-2,7-3)8-4;1-6-13(4,5)10-8-7-9-12(14)11(2)3;1-10(2)11(13)8-6-7-9-12(3,4)5;1-5-11(13)9-7-6-8-10-12(2,3)4;;;;/h5H,1,6-14H2,2-4H3;6H,2,7-10H2,1,3-5H3;1,3,6-9H2,2,4-5H3;5H,1,6-10H2,2-4H3;4*1H/q+1;;;+1;;;;/p-1. The summed E-state index contributed by atoms with van der Waals surface area (Å²) >= 11 is 0. The zero-order valence-corrected chi connectivity index (χ0v) is 47.7. The Kier molecular flexibility index (Phi) is 58.1. The molecule has 0 fully saturated rings. The van der Waals surface area contributed by atoms with Crippen LogP contribution in [0.4, 0.5) is 0 Å². The molecular formula is C49H99Br3ClN4O4+. The Hall–Kier alpha value is -0.790. The Morgan fingerprint density at radius 3 is 1.16 bits per heavy atom. The number of nitrogens with zero attached hydrogens (tertiary/aromatic N) is 4. The molecule has 0 rings (SSSR count). The third-order valence-corrected chi connectivity index (χ3v) is 10.5. The Morgan fingerprint density at radius 2 is 0.852 bits per heavy atom. The fourth-order valence-corrected chi connectivity index (χ4v) is 5.70. The van der Waals surface area contributed by atoms with E-state index in [1.165, 1.54) is 75.0 Å². The SMILES string of the molecule is Br.Br.C=C(C)C(=O)CCCC[N+](C)(C)[CH-]C.C=C(C)C(=O)CCCC[N+]([CH2-])(C)C.C=CC(=O)CCCCCC[N+](CC)(CC)CC.C=CC(=O)CCCCC[N+](C)(C)C.Cl.[Br-]. The van der Waals surface area contributed by atoms with Gasteiger partial charge in [0.2, 0.25) is 0 Å². The Balaban J connectivity index is -0.000000101. The molecule has 8 nitrogen and oxygen atoms in total. The lowest BCUT2D eigenvalue weighted by molar-refractivity contribution is -0.923. The van der Waals surface area contributed by atoms with Gasteiger partial charge in [0.05, 0.1) is 67.0 Å². The average Bonchev–Trinajstić information content (AvgIpc) is 3.14. The van der Waals surface area contributed by atoms with Crippen LogP contribution in [0.15, 0.2) is 49.6 Å². The van der Waals surface area contributed by atoms with Crippen molar-refractivity contribution in [3.63, 3.8) is 0 Å². The van der Waals surface area contributed by atoms with Crippen molar-refractivity contribution in [2.24, 2.45) is 0 Å². The van der Waals surface area contributed by atoms with Crippen LogP contribution in [0, 0.1) is 13.6 Å². The van der Waals surface area contributed by atoms with E-state index in [0.717, 1.165) is 71.5 Å². The maximum atomic E-state index is 11.2. The van der Waals surface area contributed by atoms with Crippen molar-refractivity contribution in [2.75, 3.05) is 95.1 Å². The maximum absolute atomic E-state index is 11.2. The molecule has 0 amide bonds. The summed E-state index contributed by atoms with van der Waals surface area (Å²) in [4.78, 5) is 44.2. The van der Waals surface area contributed by atoms with Gasteiger partial charge in [-0.05, 0) is 122 Å². The molecule has 0 N–H and O–H groups in total. The van der Waals surface area contributed by atoms with Gasteiger partial charge in [-0.3, -0.25) is 19.2 Å². The van der Waals surface area contributed by atoms with E-state index in [9.17, 15) is 19.2 Å². The molecular weight excluding hydrogens is 984 g/mol. The summed E-state index contributed by atoms with van der Waals surface area (Å²) in [6, 6.07) is 0. The van der Waals surface area contributed by atoms with E-state index in [2.05, 4.69) is 117 Å². The van der Waals surface area contributed by atoms with Gasteiger partial charge >= 0.3 is 0 Å². The van der Waals surface area contributed by atoms with Crippen molar-refractivity contribution in [3.8, 4) is 0 Å². The fourth-order valence-electron chi connectivity index (χ4n) is 5.70. The molecule has 0 aliphatic heterocycles. The zero-order chi connectivity index (χ0) is 45.1. The van der Waals surface area contributed by atoms with Crippen molar-refractivity contribution >= 4 is 69.5 Å². The summed E-state index contributed by atoms with van der Waals surface area (Å²) in [6.07, 6.45) is 17.7. The van der Waals surface area contributed by atoms with Crippen LogP contribution in [-0.2, 0) is 19.2 Å². The average molecular weight is 1080 g/mol. The summed E-state index contributed by atoms with van der Waals surface area (Å²) in [5.74, 6) is 0.751. The predicted octanol–water partition coefficient (Wildman–Crippen LogP) is 8.89. The molecule has 0 spiro atoms. The smallest absolute Gasteiger partial charge is 0.157 e. The number of ketones is 4. The predicted molar refractivity (Wildman–Crippen MR) is 276 cm³/mol. The van der Waals surface area contributed by atoms with Gasteiger partial charge in [-0.25, -0.2) is 0 Å². The van der Waals surface area contributed by atoms with Crippen LogP contribution in [0.3, 0.4) is 0 Å². The van der Waals surface area contributed by atoms with E-state index in [4.69, 9.17) is 0 Å². The number of hydrogen-bond acceptors (Lipinski definition) is 4. The van der Waals surface area contributed by atoms with E-state index in [1.54, 1.807) is 13.8 Å². The number of carbonyl (C=O) groups is 4. The summed E-state index contributed by atoms with van der Waals surface area (Å²) in [7, 11) is 19.0. The number of hydrogen-bond donors (Lipinski definition) is 0. The largest absolute Gasteiger partial charge is 1.00 e. The van der Waals surface area contributed by atoms with Gasteiger partial charge < -0.3 is 34.9 Å². The first-order valence-corrected chi connectivity index (χ1v) is 21.9. The Bertz CT molecular complexity index is 1150. The third-order valence-electron chi connectivity index (χ3n) is 10.5. The second kappa shape index (κ2) is 45.8. The van der Waals surface area contributed by atoms with Gasteiger partial charge in [0.25, 0.3) is 0 Å². The van der Waals surface area contributed by atoms with Crippen LogP contribution >= 0.6 is 46.4 Å². The minimum Gasteiger partial charge on any atom is -1.00 e. The molecule has 0 heterocycles. The lowest BCUT2D eigenvalue weighted by atomic mass is 10.1. The monoisotopic (exact) mass is 1080 g/mol. The highest BCUT2D eigenvalue weighted by Crippen LogP contribution is 2.12. The quantitative estimate of drug-likeness (QED) is 0.0302. The van der Waals surface area contributed by atoms with Crippen LogP contribution in [0.25, 0.3) is 0 Å². The molecule has 0 radical (unpaired) electrons. The number of carbonyl (C=O) groups excluding carboxylic acids is 4. The molecule has 0 aliphatic rings. The minimum absolute atomic E-state index is 0. The van der Waals surface area contributed by atoms with Crippen LogP contribution in [0.1, 0.15) is 138 Å². The van der Waals surface area contributed by atoms with Gasteiger partial charge in [0.15, 0.2) is 23.1 Å². The molecule has 366 valence electrons. The number of quaternary nitrogens is 4. The lowest BCUT2D eigenvalue weighted by Crippen LogP contribution is -3.00. The first-order valence-electron chi connectivity index (χ1n) is 21.9. The van der Waals surface area contributed by atoms with Gasteiger partial charge in [-0.2, -0.15) is 0 Å². The molecule has 0 aromatic heterocycles. The summed E-state index contributed by atoms with van der Waals surface area (Å²) in [5.41, 5.74) is 1.35. The molecule has 0 aromatic rings. The second-order valence-electron chi connectivity index (χ2n) is 18.1. The molecule has 61 heavy (non-hydrogen) atoms. The summed E-state index contributed by atoms with van der Waals surface area (Å²) in [6.45, 7) is 37.1. The van der Waals surface area contributed by atoms with Crippen molar-refractivity contribution < 1.29 is 54.1 Å². The Labute approximate surface area is 417 Å². The molecule has 0 saturated heterocycles. The molecule has 0 atom stereocenters. The highest BCUT2D eigenvalue weighted by Gasteiger charge is 2.19. The van der Waals surface area contributed by atoms with E-state index >= 15 is 0 Å². The number of allylic oxidation sites excluding steroid dienone is 4. The van der Waals surface area contributed by atoms with Gasteiger partial charge in [0.1, 0.15) is 0 Å². The van der Waals surface area contributed by atoms with Crippen molar-refractivity contribution in [1.82, 2.24) is 0 Å². The van der Waals surface area contributed by atoms with Crippen LogP contribution in [0.2, 0.25) is 0 Å². The van der Waals surface area contributed by atoms with Crippen LogP contribution < -0.4 is 17.0 Å². The number of halogens is 4. The molecule has 0 bridgehead atoms. The lowest BCUT2D eigenvalue weighted by Gasteiger charge is -2.38. The normalized spacial score (nSPS) is 10.7. The zero-order valence-electron chi connectivity index (χ0n) is 41.8. The summed E-state index contributed by atoms with van der Waals surface area (Å²) in [5, 5.41) is 0. The van der Waals surface area contributed by atoms with Gasteiger partial charge in [0, 0.05) is 53.9 Å². The van der Waals surface area contributed by atoms with E-state index in [-0.39, 0.29) is 86.5 Å². The highest BCUT2D eigenvalue weighted by atomic mass is 79.9. The number of Topliss-reactive ketones (excluding diaryl/α,β-unsaturated/α-hetero) is 2. The highest BCUT2D eigenvalue weighted by molar-refractivity contribution is 8.93. The second-order valence-corrected chi connectivity index (χ2v) is 18.1. The van der Waals surface area contributed by atoms with Gasteiger partial charge in [-0.1, -0.05) is 32.7 Å². The van der Waals surface area contributed by atoms with Gasteiger partial charge in [-0.15, -0.1) is 66.9 Å². The summed E-state index contributed by atoms with van der Waals surface area (Å²) < 4.78 is 3.89. The number of rotatable bonds is 31. The first kappa shape index (κ1) is 77.4. The Morgan fingerprint density at radius 1 is 0.541 bits per heavy atom. The van der Waals surface area contributed by atoms with Crippen molar-refractivity contribution in [2.45, 2.75) is 138 Å². The van der Waals surface area contributed by atoms with Crippen molar-refractivity contribution in [1.29, 1.82) is 0 Å². The van der Waals surface area contributed by atoms with E-state index in [1.807, 2.05) is 0 Å². The minimum atomic E-state index is 0. The molecule has 0 unspecified atom stereocenters. The molecule has 12 heteroatoms. The topological polar surface area (TPSA) is 68.3 Å². The molecule has 0 saturated carbocycles. The molecule has 0 aliphatic carbocycles. The van der Waals surface area contributed by atoms with E-state index < -0.39 is 0 Å². The van der Waals surface area contributed by atoms with E-state index in [0.29, 0.717) is 36.8 Å². The van der Waals surface area contributed by atoms with Crippen LogP contribution in [0.5, 0.6) is 0 Å². The van der Waals surface area contributed by atoms with Crippen molar-refractivity contribution in [3.05, 3.63) is 63.2 Å². The fraction of sp³-hybridized carbons (Fsp3) is 0.714. The number of unbranched alkanes of at least 4 members (excludes halogenated alkanes) is 7. The maximum Gasteiger partial charge on any atom is 0.157 e. The third kappa shape index (κ3) is 57.2. The molecule has 0 aromatic carbocycles. The van der Waals surface area contributed by atoms with Crippen LogP contribution in [-0.4, -0.2) is 136 Å². The first-order chi connectivity index (χ1) is 26.3.